The summed E-state index contributed by atoms with van der Waals surface area (Å²) in [7, 11) is 0. The first kappa shape index (κ1) is 20.7. The van der Waals surface area contributed by atoms with Gasteiger partial charge in [0.15, 0.2) is 4.80 Å². The van der Waals surface area contributed by atoms with Crippen LogP contribution in [-0.4, -0.2) is 4.57 Å². The molecule has 0 N–H and O–H groups in total. The molecule has 2 nitrogen and oxygen atoms in total. The molecule has 0 spiro atoms. The normalized spacial score (nSPS) is 12.1. The average Bonchev–Trinajstić information content (AvgIpc) is 2.97. The van der Waals surface area contributed by atoms with E-state index in [2.05, 4.69) is 4.99 Å². The maximum Gasteiger partial charge on any atom is 0.416 e. The van der Waals surface area contributed by atoms with Gasteiger partial charge in [0.25, 0.3) is 0 Å². The van der Waals surface area contributed by atoms with E-state index in [-0.39, 0.29) is 22.7 Å². The molecule has 1 heterocycles. The number of hydrogen-bond donors (Lipinski definition) is 0. The lowest BCUT2D eigenvalue weighted by atomic mass is 10.2. The summed E-state index contributed by atoms with van der Waals surface area (Å²) in [6, 6.07) is 12.5. The van der Waals surface area contributed by atoms with Crippen LogP contribution in [0.25, 0.3) is 11.3 Å². The third-order valence-electron chi connectivity index (χ3n) is 3.65. The zero-order valence-electron chi connectivity index (χ0n) is 13.6. The van der Waals surface area contributed by atoms with Crippen molar-refractivity contribution in [3.8, 4) is 11.3 Å². The van der Waals surface area contributed by atoms with Gasteiger partial charge in [0.05, 0.1) is 16.9 Å². The van der Waals surface area contributed by atoms with Crippen molar-refractivity contribution in [2.24, 2.45) is 4.99 Å². The van der Waals surface area contributed by atoms with Gasteiger partial charge in [-0.3, -0.25) is 0 Å². The molecular formula is C18H15BrClF3N2S. The van der Waals surface area contributed by atoms with E-state index in [0.717, 1.165) is 23.4 Å². The first-order valence-corrected chi connectivity index (χ1v) is 8.80. The van der Waals surface area contributed by atoms with Gasteiger partial charge in [-0.2, -0.15) is 13.2 Å². The number of rotatable bonds is 3. The van der Waals surface area contributed by atoms with Gasteiger partial charge in [-0.25, -0.2) is 4.99 Å². The van der Waals surface area contributed by atoms with Crippen molar-refractivity contribution in [1.82, 2.24) is 4.57 Å². The van der Waals surface area contributed by atoms with E-state index in [1.165, 1.54) is 17.4 Å². The van der Waals surface area contributed by atoms with Crippen LogP contribution >= 0.6 is 39.9 Å². The number of thiazole rings is 1. The molecular weight excluding hydrogens is 449 g/mol. The number of nitrogens with zero attached hydrogens (tertiary/aromatic N) is 2. The number of benzene rings is 2. The number of halogens is 5. The molecule has 0 radical (unpaired) electrons. The lowest BCUT2D eigenvalue weighted by molar-refractivity contribution is -0.137. The molecule has 3 aromatic rings. The average molecular weight is 464 g/mol. The fraction of sp³-hybridized carbons (Fsp3) is 0.167. The Bertz CT molecular complexity index is 946. The van der Waals surface area contributed by atoms with E-state index in [1.807, 2.05) is 29.0 Å². The minimum Gasteiger partial charge on any atom is -0.317 e. The molecule has 0 saturated heterocycles. The zero-order valence-corrected chi connectivity index (χ0v) is 16.9. The summed E-state index contributed by atoms with van der Waals surface area (Å²) in [6.07, 6.45) is -4.38. The maximum atomic E-state index is 12.9. The second-order valence-electron chi connectivity index (χ2n) is 5.31. The number of hydrogen-bond acceptors (Lipinski definition) is 2. The number of alkyl halides is 3. The summed E-state index contributed by atoms with van der Waals surface area (Å²) < 4.78 is 40.5. The topological polar surface area (TPSA) is 17.3 Å². The molecule has 0 amide bonds. The Balaban J connectivity index is 0.00000243. The molecule has 8 heteroatoms. The largest absolute Gasteiger partial charge is 0.416 e. The van der Waals surface area contributed by atoms with Gasteiger partial charge in [-0.15, -0.1) is 28.3 Å². The smallest absolute Gasteiger partial charge is 0.317 e. The Morgan fingerprint density at radius 3 is 2.42 bits per heavy atom. The van der Waals surface area contributed by atoms with Crippen LogP contribution in [0.3, 0.4) is 0 Å². The third-order valence-corrected chi connectivity index (χ3v) is 4.77. The van der Waals surface area contributed by atoms with Gasteiger partial charge in [-0.05, 0) is 42.8 Å². The first-order chi connectivity index (χ1) is 11.9. The summed E-state index contributed by atoms with van der Waals surface area (Å²) in [6.45, 7) is 2.62. The van der Waals surface area contributed by atoms with Gasteiger partial charge >= 0.3 is 6.18 Å². The van der Waals surface area contributed by atoms with Crippen LogP contribution in [0.5, 0.6) is 0 Å². The van der Waals surface area contributed by atoms with Gasteiger partial charge in [0.2, 0.25) is 0 Å². The highest BCUT2D eigenvalue weighted by molar-refractivity contribution is 8.93. The Kier molecular flexibility index (Phi) is 6.71. The van der Waals surface area contributed by atoms with E-state index in [9.17, 15) is 13.2 Å². The van der Waals surface area contributed by atoms with Crippen molar-refractivity contribution in [2.75, 3.05) is 0 Å². The van der Waals surface area contributed by atoms with Crippen molar-refractivity contribution < 1.29 is 13.2 Å². The van der Waals surface area contributed by atoms with Gasteiger partial charge < -0.3 is 4.57 Å². The van der Waals surface area contributed by atoms with Crippen molar-refractivity contribution in [1.29, 1.82) is 0 Å². The zero-order chi connectivity index (χ0) is 18.0. The Hall–Kier alpha value is -1.57. The molecule has 0 aliphatic heterocycles. The third kappa shape index (κ3) is 4.58. The first-order valence-electron chi connectivity index (χ1n) is 7.54. The predicted molar refractivity (Wildman–Crippen MR) is 105 cm³/mol. The molecule has 0 unspecified atom stereocenters. The fourth-order valence-electron chi connectivity index (χ4n) is 2.44. The van der Waals surface area contributed by atoms with Crippen LogP contribution in [0.1, 0.15) is 12.5 Å². The second kappa shape index (κ2) is 8.41. The molecule has 0 saturated carbocycles. The number of aromatic nitrogens is 1. The Morgan fingerprint density at radius 2 is 1.81 bits per heavy atom. The van der Waals surface area contributed by atoms with E-state index >= 15 is 0 Å². The highest BCUT2D eigenvalue weighted by atomic mass is 79.9. The van der Waals surface area contributed by atoms with Crippen LogP contribution < -0.4 is 4.80 Å². The van der Waals surface area contributed by atoms with Crippen molar-refractivity contribution >= 4 is 45.6 Å². The molecule has 0 aliphatic carbocycles. The molecule has 0 aliphatic rings. The van der Waals surface area contributed by atoms with Crippen LogP contribution in [0.15, 0.2) is 58.9 Å². The summed E-state index contributed by atoms with van der Waals surface area (Å²) in [4.78, 5) is 5.05. The molecule has 3 rings (SSSR count). The molecule has 0 atom stereocenters. The highest BCUT2D eigenvalue weighted by Crippen LogP contribution is 2.31. The van der Waals surface area contributed by atoms with Gasteiger partial charge in [0, 0.05) is 16.9 Å². The van der Waals surface area contributed by atoms with Crippen molar-refractivity contribution in [2.45, 2.75) is 19.6 Å². The van der Waals surface area contributed by atoms with Crippen LogP contribution in [0, 0.1) is 0 Å². The summed E-state index contributed by atoms with van der Waals surface area (Å²) >= 11 is 7.31. The minimum absolute atomic E-state index is 0. The molecule has 26 heavy (non-hydrogen) atoms. The predicted octanol–water partition coefficient (Wildman–Crippen LogP) is 6.72. The Morgan fingerprint density at radius 1 is 1.12 bits per heavy atom. The van der Waals surface area contributed by atoms with Crippen LogP contribution in [-0.2, 0) is 12.7 Å². The van der Waals surface area contributed by atoms with E-state index in [4.69, 9.17) is 11.6 Å². The Labute approximate surface area is 168 Å². The van der Waals surface area contributed by atoms with E-state index < -0.39 is 11.7 Å². The summed E-state index contributed by atoms with van der Waals surface area (Å²) in [5.74, 6) is 0. The summed E-state index contributed by atoms with van der Waals surface area (Å²) in [5.41, 5.74) is 1.51. The maximum absolute atomic E-state index is 12.9. The SMILES string of the molecule is Br.CCn1c(-c2ccc(Cl)cc2)csc1=Nc1cccc(C(F)(F)F)c1. The minimum atomic E-state index is -4.38. The molecule has 138 valence electrons. The lowest BCUT2D eigenvalue weighted by Gasteiger charge is -2.07. The van der Waals surface area contributed by atoms with Crippen LogP contribution in [0.2, 0.25) is 5.02 Å². The second-order valence-corrected chi connectivity index (χ2v) is 6.59. The molecule has 0 bridgehead atoms. The van der Waals surface area contributed by atoms with Crippen molar-refractivity contribution in [3.05, 3.63) is 69.3 Å². The fourth-order valence-corrected chi connectivity index (χ4v) is 3.56. The molecule has 1 aromatic heterocycles. The van der Waals surface area contributed by atoms with Crippen LogP contribution in [0.4, 0.5) is 18.9 Å². The van der Waals surface area contributed by atoms with E-state index in [0.29, 0.717) is 16.4 Å². The summed E-state index contributed by atoms with van der Waals surface area (Å²) in [5, 5.41) is 2.59. The van der Waals surface area contributed by atoms with Crippen molar-refractivity contribution in [3.63, 3.8) is 0 Å². The monoisotopic (exact) mass is 462 g/mol. The van der Waals surface area contributed by atoms with Gasteiger partial charge in [0.1, 0.15) is 0 Å². The standard InChI is InChI=1S/C18H14ClF3N2S.BrH/c1-2-24-16(12-6-8-14(19)9-7-12)11-25-17(24)23-15-5-3-4-13(10-15)18(20,21)22;/h3-11H,2H2,1H3;1H. The quantitative estimate of drug-likeness (QED) is 0.410. The van der Waals surface area contributed by atoms with E-state index in [1.54, 1.807) is 18.2 Å². The highest BCUT2D eigenvalue weighted by Gasteiger charge is 2.30. The molecule has 0 fully saturated rings. The molecule has 2 aromatic carbocycles. The van der Waals surface area contributed by atoms with Gasteiger partial charge in [-0.1, -0.05) is 29.8 Å². The lowest BCUT2D eigenvalue weighted by Crippen LogP contribution is -2.14.